The normalized spacial score (nSPS) is 13.0. The molecule has 0 fully saturated rings. The van der Waals surface area contributed by atoms with Crippen LogP contribution in [0.4, 0.5) is 13.6 Å². The Bertz CT molecular complexity index is 840. The first-order valence-electron chi connectivity index (χ1n) is 7.37. The van der Waals surface area contributed by atoms with E-state index in [1.165, 1.54) is 0 Å². The summed E-state index contributed by atoms with van der Waals surface area (Å²) in [5.74, 6) is 0. The quantitative estimate of drug-likeness (QED) is 0.841. The van der Waals surface area contributed by atoms with Gasteiger partial charge in [0.1, 0.15) is 5.60 Å². The summed E-state index contributed by atoms with van der Waals surface area (Å²) in [5.41, 5.74) is -0.437. The molecule has 0 spiro atoms. The third kappa shape index (κ3) is 4.63. The summed E-state index contributed by atoms with van der Waals surface area (Å²) >= 11 is 0.688. The van der Waals surface area contributed by atoms with Gasteiger partial charge in [-0.25, -0.2) is 18.2 Å². The molecule has 2 aromatic rings. The Morgan fingerprint density at radius 1 is 1.28 bits per heavy atom. The van der Waals surface area contributed by atoms with E-state index in [0.717, 1.165) is 0 Å². The van der Waals surface area contributed by atoms with Gasteiger partial charge in [-0.3, -0.25) is 0 Å². The number of alkyl carbamates (subject to hydrolysis) is 1. The molecule has 6 nitrogen and oxygen atoms in total. The molecular formula is C15H18F2N2O4S2. The molecule has 0 unspecified atom stereocenters. The number of ether oxygens (including phenoxy) is 1. The molecule has 138 valence electrons. The number of aromatic nitrogens is 1. The minimum Gasteiger partial charge on any atom is -0.444 e. The average molecular weight is 392 g/mol. The number of thiazole rings is 1. The van der Waals surface area contributed by atoms with E-state index in [0.29, 0.717) is 21.6 Å². The smallest absolute Gasteiger partial charge is 0.407 e. The van der Waals surface area contributed by atoms with Gasteiger partial charge in [-0.05, 0) is 32.9 Å². The molecule has 0 atom stereocenters. The predicted octanol–water partition coefficient (Wildman–Crippen LogP) is 3.58. The van der Waals surface area contributed by atoms with E-state index in [1.807, 2.05) is 0 Å². The maximum atomic E-state index is 14.2. The van der Waals surface area contributed by atoms with Crippen LogP contribution in [0.5, 0.6) is 0 Å². The fourth-order valence-corrected chi connectivity index (χ4v) is 4.47. The molecule has 0 aliphatic carbocycles. The van der Waals surface area contributed by atoms with Crippen molar-refractivity contribution in [3.8, 4) is 0 Å². The third-order valence-corrected chi connectivity index (χ3v) is 6.26. The first kappa shape index (κ1) is 19.5. The first-order valence-corrected chi connectivity index (χ1v) is 9.67. The van der Waals surface area contributed by atoms with Crippen LogP contribution in [0, 0.1) is 0 Å². The summed E-state index contributed by atoms with van der Waals surface area (Å²) in [5, 5.41) is -1.94. The topological polar surface area (TPSA) is 85.4 Å². The molecule has 25 heavy (non-hydrogen) atoms. The van der Waals surface area contributed by atoms with Gasteiger partial charge in [0, 0.05) is 13.0 Å². The van der Waals surface area contributed by atoms with E-state index in [2.05, 4.69) is 10.3 Å². The first-order chi connectivity index (χ1) is 11.4. The molecule has 0 saturated heterocycles. The third-order valence-electron chi connectivity index (χ3n) is 2.98. The zero-order valence-electron chi connectivity index (χ0n) is 13.9. The molecule has 1 N–H and O–H groups in total. The number of carbonyl (C=O) groups is 1. The number of hydrogen-bond donors (Lipinski definition) is 1. The van der Waals surface area contributed by atoms with Crippen molar-refractivity contribution in [1.82, 2.24) is 10.3 Å². The van der Waals surface area contributed by atoms with Gasteiger partial charge in [-0.15, -0.1) is 11.3 Å². The number of fused-ring (bicyclic) bond motifs is 1. The molecule has 0 aliphatic heterocycles. The van der Waals surface area contributed by atoms with E-state index in [4.69, 9.17) is 4.74 Å². The average Bonchev–Trinajstić information content (AvgIpc) is 2.89. The van der Waals surface area contributed by atoms with Crippen molar-refractivity contribution >= 4 is 37.5 Å². The lowest BCUT2D eigenvalue weighted by molar-refractivity contribution is 0.0487. The Hall–Kier alpha value is -1.81. The largest absolute Gasteiger partial charge is 0.444 e. The van der Waals surface area contributed by atoms with Gasteiger partial charge in [-0.2, -0.15) is 8.78 Å². The molecule has 1 heterocycles. The molecule has 0 bridgehead atoms. The highest BCUT2D eigenvalue weighted by Crippen LogP contribution is 2.35. The zero-order valence-corrected chi connectivity index (χ0v) is 15.5. The number of sulfone groups is 1. The van der Waals surface area contributed by atoms with Gasteiger partial charge in [0.15, 0.2) is 0 Å². The SMILES string of the molecule is CC(C)(C)OC(=O)NCCC(F)(F)S(=O)(=O)c1nc2ccccc2s1. The summed E-state index contributed by atoms with van der Waals surface area (Å²) in [6, 6.07) is 6.46. The number of nitrogens with zero attached hydrogens (tertiary/aromatic N) is 1. The Morgan fingerprint density at radius 3 is 2.52 bits per heavy atom. The van der Waals surface area contributed by atoms with Crippen molar-refractivity contribution in [3.63, 3.8) is 0 Å². The van der Waals surface area contributed by atoms with Crippen LogP contribution in [0.15, 0.2) is 28.6 Å². The molecule has 0 saturated carbocycles. The van der Waals surface area contributed by atoms with Crippen LogP contribution in [0.2, 0.25) is 0 Å². The van der Waals surface area contributed by atoms with Gasteiger partial charge in [0.05, 0.1) is 10.2 Å². The van der Waals surface area contributed by atoms with E-state index in [1.54, 1.807) is 45.0 Å². The molecule has 1 amide bonds. The summed E-state index contributed by atoms with van der Waals surface area (Å²) in [6.07, 6.45) is -1.97. The van der Waals surface area contributed by atoms with E-state index >= 15 is 0 Å². The number of benzene rings is 1. The summed E-state index contributed by atoms with van der Waals surface area (Å²) in [6.45, 7) is 4.32. The Balaban J connectivity index is 2.08. The molecule has 0 radical (unpaired) electrons. The van der Waals surface area contributed by atoms with Crippen LogP contribution in [0.1, 0.15) is 27.2 Å². The van der Waals surface area contributed by atoms with Crippen molar-refractivity contribution in [2.45, 2.75) is 42.4 Å². The second-order valence-electron chi connectivity index (χ2n) is 6.27. The van der Waals surface area contributed by atoms with E-state index in [-0.39, 0.29) is 0 Å². The monoisotopic (exact) mass is 392 g/mol. The van der Waals surface area contributed by atoms with Crippen LogP contribution in [-0.4, -0.2) is 36.9 Å². The molecule has 1 aromatic heterocycles. The number of nitrogens with one attached hydrogen (secondary N) is 1. The van der Waals surface area contributed by atoms with Gasteiger partial charge in [-0.1, -0.05) is 12.1 Å². The number of carbonyl (C=O) groups excluding carboxylic acids is 1. The molecular weight excluding hydrogens is 374 g/mol. The summed E-state index contributed by atoms with van der Waals surface area (Å²) in [7, 11) is -4.95. The van der Waals surface area contributed by atoms with Crippen LogP contribution in [0.3, 0.4) is 0 Å². The summed E-state index contributed by atoms with van der Waals surface area (Å²) in [4.78, 5) is 15.2. The van der Waals surface area contributed by atoms with Crippen molar-refractivity contribution in [2.24, 2.45) is 0 Å². The van der Waals surface area contributed by atoms with E-state index in [9.17, 15) is 22.0 Å². The fourth-order valence-electron chi connectivity index (χ4n) is 1.85. The predicted molar refractivity (Wildman–Crippen MR) is 90.6 cm³/mol. The second kappa shape index (κ2) is 6.83. The number of para-hydroxylation sites is 1. The zero-order chi connectivity index (χ0) is 18.9. The lowest BCUT2D eigenvalue weighted by Gasteiger charge is -2.20. The number of rotatable bonds is 5. The minimum absolute atomic E-state index is 0.341. The lowest BCUT2D eigenvalue weighted by atomic mass is 10.2. The van der Waals surface area contributed by atoms with Crippen molar-refractivity contribution in [3.05, 3.63) is 24.3 Å². The van der Waals surface area contributed by atoms with Gasteiger partial charge >= 0.3 is 11.3 Å². The standard InChI is InChI=1S/C15H18F2N2O4S2/c1-14(2,3)23-12(20)18-9-8-15(16,17)25(21,22)13-19-10-6-4-5-7-11(10)24-13/h4-7H,8-9H2,1-3H3,(H,18,20). The molecule has 2 rings (SSSR count). The van der Waals surface area contributed by atoms with Crippen LogP contribution < -0.4 is 5.32 Å². The van der Waals surface area contributed by atoms with Crippen LogP contribution in [0.25, 0.3) is 10.2 Å². The Labute approximate surface area is 148 Å². The fraction of sp³-hybridized carbons (Fsp3) is 0.467. The second-order valence-corrected chi connectivity index (χ2v) is 9.55. The maximum absolute atomic E-state index is 14.2. The van der Waals surface area contributed by atoms with Crippen molar-refractivity contribution in [2.75, 3.05) is 6.54 Å². The van der Waals surface area contributed by atoms with Crippen molar-refractivity contribution in [1.29, 1.82) is 0 Å². The molecule has 0 aliphatic rings. The van der Waals surface area contributed by atoms with Gasteiger partial charge in [0.25, 0.3) is 9.84 Å². The minimum atomic E-state index is -4.95. The Kier molecular flexibility index (Phi) is 5.33. The lowest BCUT2D eigenvalue weighted by Crippen LogP contribution is -2.37. The number of amides is 1. The summed E-state index contributed by atoms with van der Waals surface area (Å²) < 4.78 is 57.5. The number of halogens is 2. The highest BCUT2D eigenvalue weighted by Gasteiger charge is 2.47. The van der Waals surface area contributed by atoms with Crippen LogP contribution >= 0.6 is 11.3 Å². The van der Waals surface area contributed by atoms with Gasteiger partial charge < -0.3 is 10.1 Å². The molecule has 10 heteroatoms. The van der Waals surface area contributed by atoms with Crippen molar-refractivity contribution < 1.29 is 26.7 Å². The molecule has 1 aromatic carbocycles. The maximum Gasteiger partial charge on any atom is 0.407 e. The number of hydrogen-bond acceptors (Lipinski definition) is 6. The number of alkyl halides is 2. The highest BCUT2D eigenvalue weighted by molar-refractivity contribution is 7.94. The van der Waals surface area contributed by atoms with Gasteiger partial charge in [0.2, 0.25) is 4.34 Å². The Morgan fingerprint density at radius 2 is 1.92 bits per heavy atom. The van der Waals surface area contributed by atoms with E-state index < -0.39 is 44.1 Å². The highest BCUT2D eigenvalue weighted by atomic mass is 32.2. The van der Waals surface area contributed by atoms with Crippen LogP contribution in [-0.2, 0) is 14.6 Å².